The lowest BCUT2D eigenvalue weighted by Crippen LogP contribution is -2.38. The Labute approximate surface area is 145 Å². The number of benzene rings is 1. The standard InChI is InChI=1S/C18H20ClN3O2/c1-12(22-17(23)11-14-3-2-4-16(14)21-22)18(24)20-10-9-13-5-7-15(19)8-6-13/h5-8,11-12H,2-4,9-10H2,1H3,(H,20,24)/t12-/m1/s1. The van der Waals surface area contributed by atoms with Gasteiger partial charge in [-0.15, -0.1) is 0 Å². The maximum atomic E-state index is 12.3. The van der Waals surface area contributed by atoms with Crippen LogP contribution in [0.15, 0.2) is 35.1 Å². The summed E-state index contributed by atoms with van der Waals surface area (Å²) in [4.78, 5) is 24.5. The smallest absolute Gasteiger partial charge is 0.267 e. The fourth-order valence-corrected chi connectivity index (χ4v) is 3.06. The van der Waals surface area contributed by atoms with Crippen molar-refractivity contribution in [1.29, 1.82) is 0 Å². The highest BCUT2D eigenvalue weighted by atomic mass is 35.5. The van der Waals surface area contributed by atoms with Crippen LogP contribution >= 0.6 is 11.6 Å². The van der Waals surface area contributed by atoms with E-state index < -0.39 is 6.04 Å². The Morgan fingerprint density at radius 1 is 1.33 bits per heavy atom. The number of nitrogens with one attached hydrogen (secondary N) is 1. The number of fused-ring (bicyclic) bond motifs is 1. The highest BCUT2D eigenvalue weighted by Crippen LogP contribution is 2.18. The Bertz CT molecular complexity index is 799. The Morgan fingerprint density at radius 2 is 2.08 bits per heavy atom. The molecular formula is C18H20ClN3O2. The van der Waals surface area contributed by atoms with E-state index in [-0.39, 0.29) is 11.5 Å². The topological polar surface area (TPSA) is 64.0 Å². The van der Waals surface area contributed by atoms with E-state index in [1.807, 2.05) is 24.3 Å². The molecule has 0 unspecified atom stereocenters. The fraction of sp³-hybridized carbons (Fsp3) is 0.389. The van der Waals surface area contributed by atoms with Crippen molar-refractivity contribution in [2.45, 2.75) is 38.6 Å². The molecule has 1 heterocycles. The Hall–Kier alpha value is -2.14. The first-order chi connectivity index (χ1) is 11.5. The Balaban J connectivity index is 1.61. The molecule has 1 atom stereocenters. The molecule has 126 valence electrons. The van der Waals surface area contributed by atoms with Gasteiger partial charge >= 0.3 is 0 Å². The van der Waals surface area contributed by atoms with Crippen molar-refractivity contribution in [3.8, 4) is 0 Å². The molecule has 5 nitrogen and oxygen atoms in total. The minimum Gasteiger partial charge on any atom is -0.354 e. The number of carbonyl (C=O) groups excluding carboxylic acids is 1. The summed E-state index contributed by atoms with van der Waals surface area (Å²) in [6.45, 7) is 2.21. The molecular weight excluding hydrogens is 326 g/mol. The number of aryl methyl sites for hydroxylation is 2. The second kappa shape index (κ2) is 7.18. The number of hydrogen-bond donors (Lipinski definition) is 1. The van der Waals surface area contributed by atoms with Crippen LogP contribution in [0.1, 0.15) is 36.2 Å². The predicted molar refractivity (Wildman–Crippen MR) is 93.4 cm³/mol. The first-order valence-electron chi connectivity index (χ1n) is 8.18. The molecule has 1 amide bonds. The monoisotopic (exact) mass is 345 g/mol. The zero-order chi connectivity index (χ0) is 17.1. The van der Waals surface area contributed by atoms with Gasteiger partial charge in [-0.05, 0) is 55.9 Å². The zero-order valence-corrected chi connectivity index (χ0v) is 14.3. The van der Waals surface area contributed by atoms with Crippen LogP contribution in [0.4, 0.5) is 0 Å². The van der Waals surface area contributed by atoms with Gasteiger partial charge < -0.3 is 5.32 Å². The van der Waals surface area contributed by atoms with Gasteiger partial charge in [-0.2, -0.15) is 5.10 Å². The molecule has 1 aliphatic carbocycles. The number of nitrogens with zero attached hydrogens (tertiary/aromatic N) is 2. The fourth-order valence-electron chi connectivity index (χ4n) is 2.93. The first-order valence-corrected chi connectivity index (χ1v) is 8.56. The Kier molecular flexibility index (Phi) is 5.00. The zero-order valence-electron chi connectivity index (χ0n) is 13.6. The SMILES string of the molecule is C[C@H](C(=O)NCCc1ccc(Cl)cc1)n1nc2c(cc1=O)CCC2. The molecule has 0 aliphatic heterocycles. The average molecular weight is 346 g/mol. The number of aromatic nitrogens is 2. The number of hydrogen-bond acceptors (Lipinski definition) is 3. The van der Waals surface area contributed by atoms with Gasteiger partial charge in [0, 0.05) is 17.6 Å². The van der Waals surface area contributed by atoms with E-state index in [9.17, 15) is 9.59 Å². The molecule has 24 heavy (non-hydrogen) atoms. The number of carbonyl (C=O) groups is 1. The van der Waals surface area contributed by atoms with E-state index >= 15 is 0 Å². The van der Waals surface area contributed by atoms with Crippen LogP contribution in [0.2, 0.25) is 5.02 Å². The molecule has 0 spiro atoms. The summed E-state index contributed by atoms with van der Waals surface area (Å²) in [7, 11) is 0. The third kappa shape index (κ3) is 3.67. The molecule has 3 rings (SSSR count). The van der Waals surface area contributed by atoms with Gasteiger partial charge in [-0.1, -0.05) is 23.7 Å². The molecule has 0 saturated carbocycles. The van der Waals surface area contributed by atoms with Crippen molar-refractivity contribution in [3.63, 3.8) is 0 Å². The summed E-state index contributed by atoms with van der Waals surface area (Å²) in [5.74, 6) is -0.198. The van der Waals surface area contributed by atoms with E-state index in [1.54, 1.807) is 13.0 Å². The summed E-state index contributed by atoms with van der Waals surface area (Å²) in [6.07, 6.45) is 3.51. The molecule has 2 aromatic rings. The summed E-state index contributed by atoms with van der Waals surface area (Å²) >= 11 is 5.85. The summed E-state index contributed by atoms with van der Waals surface area (Å²) < 4.78 is 1.29. The third-order valence-corrected chi connectivity index (χ3v) is 4.61. The van der Waals surface area contributed by atoms with Crippen LogP contribution < -0.4 is 10.9 Å². The lowest BCUT2D eigenvalue weighted by atomic mass is 10.1. The van der Waals surface area contributed by atoms with Crippen molar-refractivity contribution in [1.82, 2.24) is 15.1 Å². The van der Waals surface area contributed by atoms with Gasteiger partial charge in [-0.3, -0.25) is 9.59 Å². The molecule has 6 heteroatoms. The first kappa shape index (κ1) is 16.7. The van der Waals surface area contributed by atoms with Crippen LogP contribution in [-0.4, -0.2) is 22.2 Å². The van der Waals surface area contributed by atoms with E-state index in [0.717, 1.165) is 36.1 Å². The van der Waals surface area contributed by atoms with E-state index in [4.69, 9.17) is 11.6 Å². The van der Waals surface area contributed by atoms with Gasteiger partial charge in [0.15, 0.2) is 0 Å². The predicted octanol–water partition coefficient (Wildman–Crippen LogP) is 2.31. The number of halogens is 1. The number of rotatable bonds is 5. The third-order valence-electron chi connectivity index (χ3n) is 4.35. The second-order valence-corrected chi connectivity index (χ2v) is 6.53. The normalized spacial score (nSPS) is 14.2. The van der Waals surface area contributed by atoms with Crippen molar-refractivity contribution < 1.29 is 4.79 Å². The molecule has 0 bridgehead atoms. The second-order valence-electron chi connectivity index (χ2n) is 6.10. The molecule has 1 aromatic heterocycles. The van der Waals surface area contributed by atoms with Crippen LogP contribution in [0.25, 0.3) is 0 Å². The molecule has 0 saturated heterocycles. The van der Waals surface area contributed by atoms with E-state index in [0.29, 0.717) is 18.0 Å². The lowest BCUT2D eigenvalue weighted by Gasteiger charge is -2.15. The van der Waals surface area contributed by atoms with Gasteiger partial charge in [-0.25, -0.2) is 4.68 Å². The summed E-state index contributed by atoms with van der Waals surface area (Å²) in [5.41, 5.74) is 2.85. The maximum absolute atomic E-state index is 12.3. The van der Waals surface area contributed by atoms with Gasteiger partial charge in [0.05, 0.1) is 5.69 Å². The summed E-state index contributed by atoms with van der Waals surface area (Å²) in [6, 6.07) is 8.53. The number of amides is 1. The minimum absolute atomic E-state index is 0.198. The van der Waals surface area contributed by atoms with E-state index in [2.05, 4.69) is 10.4 Å². The lowest BCUT2D eigenvalue weighted by molar-refractivity contribution is -0.124. The van der Waals surface area contributed by atoms with E-state index in [1.165, 1.54) is 4.68 Å². The van der Waals surface area contributed by atoms with Crippen LogP contribution in [0.5, 0.6) is 0 Å². The largest absolute Gasteiger partial charge is 0.354 e. The molecule has 0 radical (unpaired) electrons. The van der Waals surface area contributed by atoms with Gasteiger partial charge in [0.1, 0.15) is 6.04 Å². The molecule has 1 aromatic carbocycles. The van der Waals surface area contributed by atoms with Crippen molar-refractivity contribution in [2.24, 2.45) is 0 Å². The molecule has 0 fully saturated rings. The molecule has 1 N–H and O–H groups in total. The van der Waals surface area contributed by atoms with Crippen molar-refractivity contribution in [2.75, 3.05) is 6.54 Å². The van der Waals surface area contributed by atoms with Crippen molar-refractivity contribution in [3.05, 3.63) is 62.5 Å². The average Bonchev–Trinajstić information content (AvgIpc) is 3.02. The van der Waals surface area contributed by atoms with Gasteiger partial charge in [0.25, 0.3) is 5.56 Å². The summed E-state index contributed by atoms with van der Waals surface area (Å²) in [5, 5.41) is 7.94. The maximum Gasteiger partial charge on any atom is 0.267 e. The van der Waals surface area contributed by atoms with Crippen molar-refractivity contribution >= 4 is 17.5 Å². The quantitative estimate of drug-likeness (QED) is 0.904. The van der Waals surface area contributed by atoms with Crippen LogP contribution in [0.3, 0.4) is 0 Å². The van der Waals surface area contributed by atoms with Crippen LogP contribution in [0, 0.1) is 0 Å². The minimum atomic E-state index is -0.617. The van der Waals surface area contributed by atoms with Gasteiger partial charge in [0.2, 0.25) is 5.91 Å². The Morgan fingerprint density at radius 3 is 2.83 bits per heavy atom. The van der Waals surface area contributed by atoms with Crippen LogP contribution in [-0.2, 0) is 24.1 Å². The highest BCUT2D eigenvalue weighted by Gasteiger charge is 2.21. The highest BCUT2D eigenvalue weighted by molar-refractivity contribution is 6.30. The molecule has 1 aliphatic rings.